The molecule has 0 aliphatic rings. The van der Waals surface area contributed by atoms with Gasteiger partial charge in [0.25, 0.3) is 5.56 Å². The molecule has 6 nitrogen and oxygen atoms in total. The van der Waals surface area contributed by atoms with Crippen molar-refractivity contribution in [1.82, 2.24) is 9.66 Å². The molecule has 202 valence electrons. The first-order chi connectivity index (χ1) is 19.2. The van der Waals surface area contributed by atoms with E-state index in [0.29, 0.717) is 28.8 Å². The Kier molecular flexibility index (Phi) is 7.37. The number of halogens is 3. The second-order valence-corrected chi connectivity index (χ2v) is 9.28. The Morgan fingerprint density at radius 3 is 2.42 bits per heavy atom. The molecule has 1 heterocycles. The van der Waals surface area contributed by atoms with Gasteiger partial charge in [-0.3, -0.25) is 4.79 Å². The Morgan fingerprint density at radius 1 is 0.925 bits per heavy atom. The Hall–Kier alpha value is -4.92. The molecule has 5 aromatic rings. The van der Waals surface area contributed by atoms with Crippen LogP contribution in [0.2, 0.25) is 0 Å². The van der Waals surface area contributed by atoms with Crippen LogP contribution in [0.1, 0.15) is 16.7 Å². The molecule has 0 amide bonds. The number of para-hydroxylation sites is 1. The summed E-state index contributed by atoms with van der Waals surface area (Å²) in [6.45, 7) is 0.311. The monoisotopic (exact) mass is 542 g/mol. The number of hydrogen-bond donors (Lipinski definition) is 0. The fourth-order valence-electron chi connectivity index (χ4n) is 4.14. The van der Waals surface area contributed by atoms with Crippen LogP contribution >= 0.6 is 0 Å². The summed E-state index contributed by atoms with van der Waals surface area (Å²) in [4.78, 5) is 20.0. The topological polar surface area (TPSA) is 59.7 Å². The van der Waals surface area contributed by atoms with Gasteiger partial charge in [0.2, 0.25) is 0 Å². The van der Waals surface area contributed by atoms with Crippen LogP contribution in [-0.2, 0) is 12.8 Å². The van der Waals surface area contributed by atoms with Crippen molar-refractivity contribution in [3.8, 4) is 17.1 Å². The van der Waals surface area contributed by atoms with E-state index in [4.69, 9.17) is 4.74 Å². The summed E-state index contributed by atoms with van der Waals surface area (Å²) in [7, 11) is 3.82. The molecule has 0 bridgehead atoms. The molecule has 40 heavy (non-hydrogen) atoms. The Labute approximate surface area is 228 Å². The van der Waals surface area contributed by atoms with E-state index < -0.39 is 17.3 Å². The third-order valence-electron chi connectivity index (χ3n) is 6.26. The second kappa shape index (κ2) is 11.1. The molecule has 0 aliphatic carbocycles. The van der Waals surface area contributed by atoms with Crippen LogP contribution in [-0.4, -0.2) is 30.0 Å². The fraction of sp³-hybridized carbons (Fsp3) is 0.129. The lowest BCUT2D eigenvalue weighted by Gasteiger charge is -2.16. The van der Waals surface area contributed by atoms with Gasteiger partial charge in [-0.2, -0.15) is 22.9 Å². The number of ether oxygens (including phenoxy) is 1. The summed E-state index contributed by atoms with van der Waals surface area (Å²) >= 11 is 0. The van der Waals surface area contributed by atoms with Gasteiger partial charge in [-0.15, -0.1) is 0 Å². The maximum absolute atomic E-state index is 13.5. The molecule has 0 atom stereocenters. The summed E-state index contributed by atoms with van der Waals surface area (Å²) in [6.07, 6.45) is -3.10. The normalized spacial score (nSPS) is 11.7. The molecule has 0 spiro atoms. The van der Waals surface area contributed by atoms with Gasteiger partial charge in [0.1, 0.15) is 12.4 Å². The van der Waals surface area contributed by atoms with Crippen LogP contribution in [0.3, 0.4) is 0 Å². The van der Waals surface area contributed by atoms with Gasteiger partial charge in [0.05, 0.1) is 22.7 Å². The molecule has 0 saturated heterocycles. The van der Waals surface area contributed by atoms with Crippen LogP contribution in [0.25, 0.3) is 22.3 Å². The highest BCUT2D eigenvalue weighted by Gasteiger charge is 2.31. The van der Waals surface area contributed by atoms with Crippen molar-refractivity contribution in [1.29, 1.82) is 0 Å². The van der Waals surface area contributed by atoms with E-state index in [0.717, 1.165) is 28.1 Å². The molecule has 5 rings (SSSR count). The van der Waals surface area contributed by atoms with E-state index in [-0.39, 0.29) is 11.4 Å². The molecular weight excluding hydrogens is 517 g/mol. The Morgan fingerprint density at radius 2 is 1.68 bits per heavy atom. The molecular formula is C31H25F3N4O2. The van der Waals surface area contributed by atoms with Crippen LogP contribution < -0.4 is 15.2 Å². The van der Waals surface area contributed by atoms with Crippen molar-refractivity contribution in [3.05, 3.63) is 124 Å². The summed E-state index contributed by atoms with van der Waals surface area (Å²) in [5, 5.41) is 4.72. The van der Waals surface area contributed by atoms with Crippen molar-refractivity contribution in [2.45, 2.75) is 12.8 Å². The highest BCUT2D eigenvalue weighted by atomic mass is 19.4. The maximum Gasteiger partial charge on any atom is 0.416 e. The molecule has 1 aromatic heterocycles. The molecule has 0 N–H and O–H groups in total. The largest absolute Gasteiger partial charge is 0.488 e. The third kappa shape index (κ3) is 5.73. The molecule has 0 radical (unpaired) electrons. The van der Waals surface area contributed by atoms with Gasteiger partial charge in [-0.05, 0) is 42.0 Å². The predicted molar refractivity (Wildman–Crippen MR) is 151 cm³/mol. The number of nitrogens with zero attached hydrogens (tertiary/aromatic N) is 4. The van der Waals surface area contributed by atoms with Crippen molar-refractivity contribution in [2.75, 3.05) is 19.0 Å². The number of hydrogen-bond acceptors (Lipinski definition) is 5. The first-order valence-electron chi connectivity index (χ1n) is 12.4. The van der Waals surface area contributed by atoms with E-state index >= 15 is 0 Å². The third-order valence-corrected chi connectivity index (χ3v) is 6.26. The summed E-state index contributed by atoms with van der Waals surface area (Å²) in [5.41, 5.74) is 1.56. The minimum absolute atomic E-state index is 0.0114. The average Bonchev–Trinajstić information content (AvgIpc) is 2.96. The minimum Gasteiger partial charge on any atom is -0.488 e. The van der Waals surface area contributed by atoms with Crippen LogP contribution in [0.5, 0.6) is 5.75 Å². The van der Waals surface area contributed by atoms with Gasteiger partial charge in [0, 0.05) is 37.0 Å². The van der Waals surface area contributed by atoms with Gasteiger partial charge >= 0.3 is 6.18 Å². The van der Waals surface area contributed by atoms with E-state index in [9.17, 15) is 18.0 Å². The van der Waals surface area contributed by atoms with Crippen LogP contribution in [0, 0.1) is 0 Å². The second-order valence-electron chi connectivity index (χ2n) is 9.28. The van der Waals surface area contributed by atoms with Gasteiger partial charge in [-0.1, -0.05) is 54.6 Å². The van der Waals surface area contributed by atoms with E-state index in [1.54, 1.807) is 24.3 Å². The van der Waals surface area contributed by atoms with Crippen molar-refractivity contribution < 1.29 is 17.9 Å². The van der Waals surface area contributed by atoms with E-state index in [1.807, 2.05) is 67.5 Å². The molecule has 0 fully saturated rings. The summed E-state index contributed by atoms with van der Waals surface area (Å²) in [5.74, 6) is 0.518. The molecule has 0 aliphatic heterocycles. The lowest BCUT2D eigenvalue weighted by molar-refractivity contribution is -0.137. The lowest BCUT2D eigenvalue weighted by atomic mass is 10.1. The van der Waals surface area contributed by atoms with Gasteiger partial charge in [-0.25, -0.2) is 4.98 Å². The molecule has 0 unspecified atom stereocenters. The summed E-state index contributed by atoms with van der Waals surface area (Å²) in [6, 6.07) is 26.5. The van der Waals surface area contributed by atoms with Crippen molar-refractivity contribution in [2.24, 2.45) is 5.10 Å². The number of alkyl halides is 3. The van der Waals surface area contributed by atoms with Crippen LogP contribution in [0.4, 0.5) is 18.9 Å². The highest BCUT2D eigenvalue weighted by Crippen LogP contribution is 2.32. The molecule has 0 saturated carbocycles. The number of fused-ring (bicyclic) bond motifs is 1. The number of aromatic nitrogens is 2. The quantitative estimate of drug-likeness (QED) is 0.217. The zero-order valence-corrected chi connectivity index (χ0v) is 21.8. The number of benzene rings is 4. The Bertz CT molecular complexity index is 1750. The minimum atomic E-state index is -4.56. The van der Waals surface area contributed by atoms with Gasteiger partial charge < -0.3 is 9.64 Å². The predicted octanol–water partition coefficient (Wildman–Crippen LogP) is 6.61. The van der Waals surface area contributed by atoms with E-state index in [2.05, 4.69) is 10.1 Å². The van der Waals surface area contributed by atoms with E-state index in [1.165, 1.54) is 18.3 Å². The molecule has 4 aromatic carbocycles. The lowest BCUT2D eigenvalue weighted by Crippen LogP contribution is -2.20. The smallest absolute Gasteiger partial charge is 0.416 e. The number of anilines is 1. The number of rotatable bonds is 7. The fourth-order valence-corrected chi connectivity index (χ4v) is 4.14. The SMILES string of the molecule is CN(C)c1ccc(C=Nn2c(-c3cccc(C(F)(F)F)c3)nc3ccccc3c2=O)c(OCc2ccccc2)c1. The van der Waals surface area contributed by atoms with Crippen molar-refractivity contribution >= 4 is 22.8 Å². The Balaban J connectivity index is 1.62. The van der Waals surface area contributed by atoms with Gasteiger partial charge in [0.15, 0.2) is 5.82 Å². The first-order valence-corrected chi connectivity index (χ1v) is 12.4. The highest BCUT2D eigenvalue weighted by molar-refractivity contribution is 5.85. The maximum atomic E-state index is 13.5. The molecule has 9 heteroatoms. The summed E-state index contributed by atoms with van der Waals surface area (Å²) < 4.78 is 47.6. The zero-order valence-electron chi connectivity index (χ0n) is 21.8. The zero-order chi connectivity index (χ0) is 28.3. The average molecular weight is 543 g/mol. The van der Waals surface area contributed by atoms with Crippen LogP contribution in [0.15, 0.2) is 107 Å². The van der Waals surface area contributed by atoms with Crippen molar-refractivity contribution in [3.63, 3.8) is 0 Å². The first kappa shape index (κ1) is 26.7. The standard InChI is InChI=1S/C31H25F3N4O2/c1-37(2)25-16-15-23(28(18-25)40-20-21-9-4-3-5-10-21)19-35-38-29(22-11-8-12-24(17-22)31(32,33)34)36-27-14-7-6-13-26(27)30(38)39/h3-19H,20H2,1-2H3.